The number of rotatable bonds is 7. The van der Waals surface area contributed by atoms with Crippen molar-refractivity contribution >= 4 is 23.8 Å². The summed E-state index contributed by atoms with van der Waals surface area (Å²) >= 11 is 0. The van der Waals surface area contributed by atoms with Gasteiger partial charge in [0.25, 0.3) is 5.91 Å². The summed E-state index contributed by atoms with van der Waals surface area (Å²) in [5, 5.41) is 13.2. The van der Waals surface area contributed by atoms with Crippen LogP contribution in [0.2, 0.25) is 0 Å². The average Bonchev–Trinajstić information content (AvgIpc) is 2.92. The molecule has 9 heteroatoms. The number of likely N-dealkylation sites (tertiary alicyclic amines) is 1. The lowest BCUT2D eigenvalue weighted by Gasteiger charge is -2.35. The average molecular weight is 538 g/mol. The van der Waals surface area contributed by atoms with Crippen LogP contribution in [0.4, 0.5) is 16.6 Å². The van der Waals surface area contributed by atoms with Crippen LogP contribution in [0.15, 0.2) is 36.5 Å². The number of aliphatic hydroxyl groups excluding tert-OH is 1. The highest BCUT2D eigenvalue weighted by molar-refractivity contribution is 6.05. The van der Waals surface area contributed by atoms with Crippen LogP contribution in [-0.4, -0.2) is 69.4 Å². The smallest absolute Gasteiger partial charge is 0.410 e. The molecule has 0 unspecified atom stereocenters. The van der Waals surface area contributed by atoms with Gasteiger partial charge in [-0.25, -0.2) is 9.78 Å². The second-order valence-corrected chi connectivity index (χ2v) is 11.8. The Balaban J connectivity index is 1.50. The van der Waals surface area contributed by atoms with Crippen molar-refractivity contribution in [1.82, 2.24) is 14.9 Å². The van der Waals surface area contributed by atoms with E-state index in [0.29, 0.717) is 37.0 Å². The van der Waals surface area contributed by atoms with Crippen LogP contribution in [0, 0.1) is 5.92 Å². The van der Waals surface area contributed by atoms with Gasteiger partial charge in [-0.3, -0.25) is 9.69 Å². The minimum absolute atomic E-state index is 0.0923. The third kappa shape index (κ3) is 8.14. The monoisotopic (exact) mass is 537 g/mol. The molecule has 4 rings (SSSR count). The van der Waals surface area contributed by atoms with Crippen LogP contribution in [0.3, 0.4) is 0 Å². The molecule has 1 saturated carbocycles. The molecule has 0 atom stereocenters. The van der Waals surface area contributed by atoms with Gasteiger partial charge in [-0.1, -0.05) is 19.1 Å². The van der Waals surface area contributed by atoms with Crippen molar-refractivity contribution in [3.8, 4) is 0 Å². The maximum Gasteiger partial charge on any atom is 0.410 e. The van der Waals surface area contributed by atoms with Gasteiger partial charge in [-0.2, -0.15) is 4.98 Å². The van der Waals surface area contributed by atoms with E-state index in [1.165, 1.54) is 0 Å². The Kier molecular flexibility index (Phi) is 9.43. The number of aromatic nitrogens is 2. The highest BCUT2D eigenvalue weighted by Gasteiger charge is 2.30. The Labute approximate surface area is 232 Å². The summed E-state index contributed by atoms with van der Waals surface area (Å²) in [7, 11) is 0. The Morgan fingerprint density at radius 3 is 2.49 bits per heavy atom. The van der Waals surface area contributed by atoms with E-state index < -0.39 is 5.60 Å². The SMILES string of the molecule is CCc1cccc(C(=O)N(CC2CCN(C(=O)OC(C)(C)C)CC2)c2ccnc(NC3CCC(O)CC3)n2)c1. The number of aliphatic hydroxyl groups is 1. The zero-order chi connectivity index (χ0) is 28.0. The number of carbonyl (C=O) groups is 2. The predicted octanol–water partition coefficient (Wildman–Crippen LogP) is 5.05. The third-order valence-electron chi connectivity index (χ3n) is 7.48. The zero-order valence-corrected chi connectivity index (χ0v) is 23.7. The number of hydrogen-bond donors (Lipinski definition) is 2. The van der Waals surface area contributed by atoms with E-state index in [2.05, 4.69) is 17.2 Å². The molecule has 1 aliphatic carbocycles. The summed E-state index contributed by atoms with van der Waals surface area (Å²) in [6.45, 7) is 9.38. The number of ether oxygens (including phenoxy) is 1. The molecule has 1 aliphatic heterocycles. The van der Waals surface area contributed by atoms with Gasteiger partial charge in [-0.15, -0.1) is 0 Å². The molecule has 1 saturated heterocycles. The van der Waals surface area contributed by atoms with Gasteiger partial charge in [0.1, 0.15) is 11.4 Å². The van der Waals surface area contributed by atoms with Crippen molar-refractivity contribution in [2.24, 2.45) is 5.92 Å². The van der Waals surface area contributed by atoms with Crippen molar-refractivity contribution in [2.75, 3.05) is 29.9 Å². The van der Waals surface area contributed by atoms with Crippen LogP contribution < -0.4 is 10.2 Å². The van der Waals surface area contributed by atoms with Crippen molar-refractivity contribution in [3.63, 3.8) is 0 Å². The first kappa shape index (κ1) is 28.8. The molecule has 212 valence electrons. The molecule has 1 aromatic carbocycles. The van der Waals surface area contributed by atoms with Gasteiger partial charge in [-0.05, 0) is 95.4 Å². The van der Waals surface area contributed by atoms with Crippen LogP contribution in [0.1, 0.15) is 82.1 Å². The van der Waals surface area contributed by atoms with E-state index >= 15 is 0 Å². The third-order valence-corrected chi connectivity index (χ3v) is 7.48. The molecule has 0 spiro atoms. The van der Waals surface area contributed by atoms with E-state index in [0.717, 1.165) is 50.5 Å². The summed E-state index contributed by atoms with van der Waals surface area (Å²) in [6.07, 6.45) is 6.82. The number of nitrogens with one attached hydrogen (secondary N) is 1. The Bertz CT molecular complexity index is 1120. The number of nitrogens with zero attached hydrogens (tertiary/aromatic N) is 4. The normalized spacial score (nSPS) is 20.4. The van der Waals surface area contributed by atoms with Crippen LogP contribution >= 0.6 is 0 Å². The topological polar surface area (TPSA) is 108 Å². The number of amides is 2. The lowest BCUT2D eigenvalue weighted by molar-refractivity contribution is 0.0185. The van der Waals surface area contributed by atoms with Gasteiger partial charge >= 0.3 is 6.09 Å². The summed E-state index contributed by atoms with van der Waals surface area (Å²) in [6, 6.07) is 9.75. The first-order chi connectivity index (χ1) is 18.6. The molecule has 2 N–H and O–H groups in total. The minimum atomic E-state index is -0.527. The minimum Gasteiger partial charge on any atom is -0.444 e. The number of hydrogen-bond acceptors (Lipinski definition) is 7. The molecule has 0 radical (unpaired) electrons. The summed E-state index contributed by atoms with van der Waals surface area (Å²) in [4.78, 5) is 39.1. The quantitative estimate of drug-likeness (QED) is 0.509. The molecule has 1 aromatic heterocycles. The lowest BCUT2D eigenvalue weighted by atomic mass is 9.93. The summed E-state index contributed by atoms with van der Waals surface area (Å²) < 4.78 is 5.55. The first-order valence-corrected chi connectivity index (χ1v) is 14.3. The lowest BCUT2D eigenvalue weighted by Crippen LogP contribution is -2.45. The predicted molar refractivity (Wildman–Crippen MR) is 152 cm³/mol. The summed E-state index contributed by atoms with van der Waals surface area (Å²) in [5.74, 6) is 1.18. The number of piperidine rings is 1. The fraction of sp³-hybridized carbons (Fsp3) is 0.600. The van der Waals surface area contributed by atoms with E-state index in [4.69, 9.17) is 9.72 Å². The van der Waals surface area contributed by atoms with Crippen LogP contribution in [0.5, 0.6) is 0 Å². The van der Waals surface area contributed by atoms with Crippen molar-refractivity contribution in [2.45, 2.75) is 90.4 Å². The molecular weight excluding hydrogens is 494 g/mol. The molecular formula is C30H43N5O4. The molecule has 0 bridgehead atoms. The van der Waals surface area contributed by atoms with Crippen molar-refractivity contribution in [1.29, 1.82) is 0 Å². The second-order valence-electron chi connectivity index (χ2n) is 11.8. The largest absolute Gasteiger partial charge is 0.444 e. The van der Waals surface area contributed by atoms with Crippen molar-refractivity contribution < 1.29 is 19.4 Å². The molecule has 2 aromatic rings. The second kappa shape index (κ2) is 12.8. The number of carbonyl (C=O) groups excluding carboxylic acids is 2. The Morgan fingerprint density at radius 1 is 1.10 bits per heavy atom. The molecule has 2 aliphatic rings. The van der Waals surface area contributed by atoms with Gasteiger partial charge in [0.05, 0.1) is 6.10 Å². The molecule has 2 heterocycles. The highest BCUT2D eigenvalue weighted by Crippen LogP contribution is 2.26. The van der Waals surface area contributed by atoms with Gasteiger partial charge in [0.2, 0.25) is 5.95 Å². The van der Waals surface area contributed by atoms with Gasteiger partial charge < -0.3 is 20.1 Å². The fourth-order valence-corrected chi connectivity index (χ4v) is 5.22. The zero-order valence-electron chi connectivity index (χ0n) is 23.7. The van der Waals surface area contributed by atoms with Gasteiger partial charge in [0.15, 0.2) is 0 Å². The molecule has 2 fully saturated rings. The van der Waals surface area contributed by atoms with E-state index in [1.54, 1.807) is 22.1 Å². The van der Waals surface area contributed by atoms with E-state index in [1.807, 2.05) is 45.0 Å². The fourth-order valence-electron chi connectivity index (χ4n) is 5.22. The standard InChI is InChI=1S/C30H43N5O4/c1-5-21-7-6-8-23(19-21)27(37)35(20-22-14-17-34(18-15-22)29(38)39-30(2,3)4)26-13-16-31-28(33-26)32-24-9-11-25(36)12-10-24/h6-8,13,16,19,22,24-25,36H,5,9-12,14-15,17-18,20H2,1-4H3,(H,31,32,33). The van der Waals surface area contributed by atoms with Crippen LogP contribution in [-0.2, 0) is 11.2 Å². The van der Waals surface area contributed by atoms with Crippen LogP contribution in [0.25, 0.3) is 0 Å². The number of benzene rings is 1. The first-order valence-electron chi connectivity index (χ1n) is 14.3. The highest BCUT2D eigenvalue weighted by atomic mass is 16.6. The van der Waals surface area contributed by atoms with E-state index in [9.17, 15) is 14.7 Å². The van der Waals surface area contributed by atoms with Gasteiger partial charge in [0, 0.05) is 37.4 Å². The summed E-state index contributed by atoms with van der Waals surface area (Å²) in [5.41, 5.74) is 1.21. The molecule has 2 amide bonds. The maximum absolute atomic E-state index is 13.9. The number of aryl methyl sites for hydroxylation is 1. The Morgan fingerprint density at radius 2 is 1.82 bits per heavy atom. The molecule has 9 nitrogen and oxygen atoms in total. The number of anilines is 2. The maximum atomic E-state index is 13.9. The Hall–Kier alpha value is -3.20. The van der Waals surface area contributed by atoms with E-state index in [-0.39, 0.29) is 30.1 Å². The molecule has 39 heavy (non-hydrogen) atoms. The van der Waals surface area contributed by atoms with Crippen molar-refractivity contribution in [3.05, 3.63) is 47.7 Å².